The SMILES string of the molecule is C=C[CH2-].O=CO.[Cl-].[Mg+2]. The van der Waals surface area contributed by atoms with Crippen molar-refractivity contribution in [2.45, 2.75) is 0 Å². The van der Waals surface area contributed by atoms with Crippen molar-refractivity contribution in [3.8, 4) is 0 Å². The van der Waals surface area contributed by atoms with Gasteiger partial charge in [0.1, 0.15) is 0 Å². The topological polar surface area (TPSA) is 37.3 Å². The summed E-state index contributed by atoms with van der Waals surface area (Å²) >= 11 is 0. The molecule has 0 bridgehead atoms. The first-order valence-corrected chi connectivity index (χ1v) is 1.31. The number of hydrogen-bond donors (Lipinski definition) is 1. The minimum atomic E-state index is -0.250. The van der Waals surface area contributed by atoms with Crippen molar-refractivity contribution in [2.75, 3.05) is 0 Å². The van der Waals surface area contributed by atoms with E-state index in [1.807, 2.05) is 0 Å². The van der Waals surface area contributed by atoms with Crippen molar-refractivity contribution in [2.24, 2.45) is 0 Å². The van der Waals surface area contributed by atoms with Gasteiger partial charge < -0.3 is 17.5 Å². The van der Waals surface area contributed by atoms with Gasteiger partial charge in [0.15, 0.2) is 0 Å². The zero-order chi connectivity index (χ0) is 5.41. The third-order valence-electron chi connectivity index (χ3n) is 0. The van der Waals surface area contributed by atoms with Gasteiger partial charge in [-0.3, -0.25) is 4.79 Å². The van der Waals surface area contributed by atoms with E-state index in [1.54, 1.807) is 0 Å². The number of carbonyl (C=O) groups is 1. The minimum absolute atomic E-state index is 0. The summed E-state index contributed by atoms with van der Waals surface area (Å²) < 4.78 is 0. The van der Waals surface area contributed by atoms with Crippen LogP contribution < -0.4 is 12.4 Å². The molecule has 0 atom stereocenters. The zero-order valence-electron chi connectivity index (χ0n) is 4.51. The second-order valence-corrected chi connectivity index (χ2v) is 0.394. The van der Waals surface area contributed by atoms with Gasteiger partial charge in [-0.2, -0.15) is 0 Å². The third-order valence-corrected chi connectivity index (χ3v) is 0. The van der Waals surface area contributed by atoms with Crippen LogP contribution in [-0.4, -0.2) is 34.6 Å². The average molecular weight is 147 g/mol. The van der Waals surface area contributed by atoms with Gasteiger partial charge in [-0.1, -0.05) is 0 Å². The normalized spacial score (nSPS) is 3.00. The molecule has 0 aromatic carbocycles. The van der Waals surface area contributed by atoms with Crippen LogP contribution in [0.25, 0.3) is 0 Å². The van der Waals surface area contributed by atoms with Gasteiger partial charge >= 0.3 is 23.1 Å². The number of carboxylic acid groups (broad SMARTS) is 1. The van der Waals surface area contributed by atoms with Crippen LogP contribution in [-0.2, 0) is 4.79 Å². The molecule has 0 rings (SSSR count). The molecule has 44 valence electrons. The number of allylic oxidation sites excluding steroid dienone is 1. The first kappa shape index (κ1) is 24.2. The van der Waals surface area contributed by atoms with E-state index in [4.69, 9.17) is 9.90 Å². The molecule has 0 aliphatic carbocycles. The van der Waals surface area contributed by atoms with Crippen LogP contribution in [0.5, 0.6) is 0 Å². The summed E-state index contributed by atoms with van der Waals surface area (Å²) in [6, 6.07) is 0. The maximum absolute atomic E-state index is 8.36. The van der Waals surface area contributed by atoms with Crippen molar-refractivity contribution in [1.82, 2.24) is 0 Å². The van der Waals surface area contributed by atoms with Gasteiger partial charge in [-0.05, 0) is 0 Å². The second-order valence-electron chi connectivity index (χ2n) is 0.394. The molecule has 4 heteroatoms. The predicted molar refractivity (Wildman–Crippen MR) is 30.0 cm³/mol. The zero-order valence-corrected chi connectivity index (χ0v) is 6.68. The van der Waals surface area contributed by atoms with Crippen LogP contribution >= 0.6 is 0 Å². The van der Waals surface area contributed by atoms with Crippen LogP contribution in [0.2, 0.25) is 0 Å². The van der Waals surface area contributed by atoms with Crippen LogP contribution in [0.4, 0.5) is 0 Å². The molecular formula is C4H7ClMgO2. The van der Waals surface area contributed by atoms with Crippen LogP contribution in [0.1, 0.15) is 0 Å². The summed E-state index contributed by atoms with van der Waals surface area (Å²) in [6.07, 6.45) is 1.50. The molecule has 1 N–H and O–H groups in total. The maximum Gasteiger partial charge on any atom is 2.00 e. The van der Waals surface area contributed by atoms with Crippen molar-refractivity contribution in [1.29, 1.82) is 0 Å². The Morgan fingerprint density at radius 3 is 1.62 bits per heavy atom. The van der Waals surface area contributed by atoms with Gasteiger partial charge in [-0.15, -0.1) is 0 Å². The van der Waals surface area contributed by atoms with Crippen molar-refractivity contribution >= 4 is 29.5 Å². The molecule has 2 nitrogen and oxygen atoms in total. The van der Waals surface area contributed by atoms with E-state index in [9.17, 15) is 0 Å². The Morgan fingerprint density at radius 1 is 1.62 bits per heavy atom. The molecular weight excluding hydrogens is 140 g/mol. The van der Waals surface area contributed by atoms with Crippen LogP contribution in [0.3, 0.4) is 0 Å². The van der Waals surface area contributed by atoms with Crippen molar-refractivity contribution < 1.29 is 22.3 Å². The fourth-order valence-electron chi connectivity index (χ4n) is 0. The first-order chi connectivity index (χ1) is 2.83. The van der Waals surface area contributed by atoms with E-state index in [0.717, 1.165) is 0 Å². The quantitative estimate of drug-likeness (QED) is 0.230. The van der Waals surface area contributed by atoms with Gasteiger partial charge in [0.05, 0.1) is 0 Å². The molecule has 0 aliphatic heterocycles. The number of hydrogen-bond acceptors (Lipinski definition) is 1. The summed E-state index contributed by atoms with van der Waals surface area (Å²) in [7, 11) is 0. The summed E-state index contributed by atoms with van der Waals surface area (Å²) in [5.41, 5.74) is 0. The van der Waals surface area contributed by atoms with E-state index in [2.05, 4.69) is 13.5 Å². The Bertz CT molecular complexity index is 35.0. The van der Waals surface area contributed by atoms with Gasteiger partial charge in [0, 0.05) is 0 Å². The average Bonchev–Trinajstić information content (AvgIpc) is 1.39. The molecule has 0 spiro atoms. The first-order valence-electron chi connectivity index (χ1n) is 1.31. The van der Waals surface area contributed by atoms with E-state index in [1.165, 1.54) is 6.08 Å². The molecule has 0 heterocycles. The number of rotatable bonds is 0. The molecule has 0 radical (unpaired) electrons. The molecule has 0 saturated carbocycles. The molecule has 0 saturated heterocycles. The Morgan fingerprint density at radius 2 is 1.62 bits per heavy atom. The Balaban J connectivity index is -0.0000000160. The van der Waals surface area contributed by atoms with Gasteiger partial charge in [0.2, 0.25) is 0 Å². The minimum Gasteiger partial charge on any atom is -1.00 e. The number of halogens is 1. The Kier molecular flexibility index (Phi) is 178. The molecule has 8 heavy (non-hydrogen) atoms. The fourth-order valence-corrected chi connectivity index (χ4v) is 0. The smallest absolute Gasteiger partial charge is 1.00 e. The molecule has 0 aliphatic rings. The van der Waals surface area contributed by atoms with Crippen molar-refractivity contribution in [3.05, 3.63) is 19.6 Å². The predicted octanol–water partition coefficient (Wildman–Crippen LogP) is -2.67. The molecule has 0 unspecified atom stereocenters. The maximum atomic E-state index is 8.36. The van der Waals surface area contributed by atoms with Crippen molar-refractivity contribution in [3.63, 3.8) is 0 Å². The van der Waals surface area contributed by atoms with Crippen LogP contribution in [0.15, 0.2) is 12.7 Å². The van der Waals surface area contributed by atoms with E-state index in [0.29, 0.717) is 0 Å². The van der Waals surface area contributed by atoms with Gasteiger partial charge in [-0.25, -0.2) is 19.6 Å². The summed E-state index contributed by atoms with van der Waals surface area (Å²) in [5.74, 6) is 0. The third kappa shape index (κ3) is 8720. The standard InChI is InChI=1S/C3H5.CH2O2.ClH.Mg/c1-3-2;2-1-3;;/h3H,1-2H2;1H,(H,2,3);1H;/q-1;;;+2/p-1. The van der Waals surface area contributed by atoms with E-state index >= 15 is 0 Å². The summed E-state index contributed by atoms with van der Waals surface area (Å²) in [6.45, 7) is 6.25. The Labute approximate surface area is 71.5 Å². The van der Waals surface area contributed by atoms with E-state index in [-0.39, 0.29) is 41.9 Å². The fraction of sp³-hybridized carbons (Fsp3) is 0. The monoisotopic (exact) mass is 146 g/mol. The van der Waals surface area contributed by atoms with E-state index < -0.39 is 0 Å². The van der Waals surface area contributed by atoms with Crippen LogP contribution in [0, 0.1) is 6.92 Å². The summed E-state index contributed by atoms with van der Waals surface area (Å²) in [5, 5.41) is 6.89. The second kappa shape index (κ2) is 58.9. The van der Waals surface area contributed by atoms with Gasteiger partial charge in [0.25, 0.3) is 6.47 Å². The largest absolute Gasteiger partial charge is 2.00 e. The summed E-state index contributed by atoms with van der Waals surface area (Å²) in [4.78, 5) is 8.36. The molecule has 0 fully saturated rings. The molecule has 0 amide bonds. The molecule has 0 aromatic rings. The molecule has 0 aromatic heterocycles. The Hall–Kier alpha value is 0.136.